The number of benzene rings is 1. The number of fused-ring (bicyclic) bond motifs is 1. The van der Waals surface area contributed by atoms with Gasteiger partial charge in [-0.05, 0) is 19.1 Å². The van der Waals surface area contributed by atoms with E-state index < -0.39 is 0 Å². The van der Waals surface area contributed by atoms with Gasteiger partial charge in [0.1, 0.15) is 4.88 Å². The summed E-state index contributed by atoms with van der Waals surface area (Å²) in [5.41, 5.74) is 7.81. The number of carbonyl (C=O) groups is 1. The van der Waals surface area contributed by atoms with Crippen LogP contribution in [-0.2, 0) is 0 Å². The van der Waals surface area contributed by atoms with Crippen LogP contribution >= 0.6 is 11.3 Å². The SMILES string of the molecule is C=CCN(C)C(=O)c1sc2ccc(C)cc2c1N. The van der Waals surface area contributed by atoms with Gasteiger partial charge in [-0.25, -0.2) is 0 Å². The topological polar surface area (TPSA) is 46.3 Å². The molecule has 0 fully saturated rings. The number of nitrogen functional groups attached to an aromatic ring is 1. The van der Waals surface area contributed by atoms with Gasteiger partial charge in [-0.3, -0.25) is 4.79 Å². The zero-order valence-corrected chi connectivity index (χ0v) is 11.4. The molecule has 0 unspecified atom stereocenters. The molecular weight excluding hydrogens is 244 g/mol. The Morgan fingerprint density at radius 1 is 1.56 bits per heavy atom. The Hall–Kier alpha value is -1.81. The molecule has 0 bridgehead atoms. The summed E-state index contributed by atoms with van der Waals surface area (Å²) in [6.45, 7) is 6.17. The highest BCUT2D eigenvalue weighted by Gasteiger charge is 2.18. The highest BCUT2D eigenvalue weighted by atomic mass is 32.1. The first-order valence-corrected chi connectivity index (χ1v) is 6.51. The number of nitrogens with two attached hydrogens (primary N) is 1. The van der Waals surface area contributed by atoms with Crippen molar-refractivity contribution >= 4 is 33.0 Å². The van der Waals surface area contributed by atoms with Crippen LogP contribution in [0.1, 0.15) is 15.2 Å². The van der Waals surface area contributed by atoms with Gasteiger partial charge in [0.2, 0.25) is 0 Å². The molecule has 94 valence electrons. The standard InChI is InChI=1S/C14H16N2OS/c1-4-7-16(3)14(17)13-12(15)10-8-9(2)5-6-11(10)18-13/h4-6,8H,1,7,15H2,2-3H3. The average molecular weight is 260 g/mol. The summed E-state index contributed by atoms with van der Waals surface area (Å²) in [7, 11) is 1.75. The molecule has 0 aliphatic carbocycles. The maximum Gasteiger partial charge on any atom is 0.266 e. The summed E-state index contributed by atoms with van der Waals surface area (Å²) in [4.78, 5) is 14.4. The van der Waals surface area contributed by atoms with E-state index in [2.05, 4.69) is 6.58 Å². The lowest BCUT2D eigenvalue weighted by molar-refractivity contribution is 0.0816. The van der Waals surface area contributed by atoms with Crippen molar-refractivity contribution in [2.24, 2.45) is 0 Å². The molecule has 0 saturated heterocycles. The van der Waals surface area contributed by atoms with E-state index in [1.807, 2.05) is 25.1 Å². The lowest BCUT2D eigenvalue weighted by Crippen LogP contribution is -2.26. The third-order valence-electron chi connectivity index (χ3n) is 2.83. The van der Waals surface area contributed by atoms with Gasteiger partial charge in [0, 0.05) is 23.7 Å². The van der Waals surface area contributed by atoms with Crippen LogP contribution in [0.15, 0.2) is 30.9 Å². The number of hydrogen-bond donors (Lipinski definition) is 1. The second-order valence-electron chi connectivity index (χ2n) is 4.32. The first kappa shape index (κ1) is 12.6. The molecule has 1 heterocycles. The van der Waals surface area contributed by atoms with Gasteiger partial charge in [-0.1, -0.05) is 17.7 Å². The fourth-order valence-corrected chi connectivity index (χ4v) is 2.94. The summed E-state index contributed by atoms with van der Waals surface area (Å²) in [5, 5.41) is 0.968. The third kappa shape index (κ3) is 2.11. The molecule has 2 rings (SSSR count). The Morgan fingerprint density at radius 3 is 2.94 bits per heavy atom. The molecule has 0 aliphatic heterocycles. The van der Waals surface area contributed by atoms with Crippen molar-refractivity contribution in [3.05, 3.63) is 41.3 Å². The quantitative estimate of drug-likeness (QED) is 0.862. The molecule has 1 aromatic carbocycles. The number of amides is 1. The number of aryl methyl sites for hydroxylation is 1. The smallest absolute Gasteiger partial charge is 0.266 e. The van der Waals surface area contributed by atoms with Crippen LogP contribution in [0, 0.1) is 6.92 Å². The van der Waals surface area contributed by atoms with Gasteiger partial charge in [0.15, 0.2) is 0 Å². The average Bonchev–Trinajstić information content (AvgIpc) is 2.66. The minimum absolute atomic E-state index is 0.0498. The van der Waals surface area contributed by atoms with Crippen LogP contribution < -0.4 is 5.73 Å². The second kappa shape index (κ2) is 4.82. The predicted molar refractivity (Wildman–Crippen MR) is 78.1 cm³/mol. The monoisotopic (exact) mass is 260 g/mol. The molecule has 2 aromatic rings. The number of hydrogen-bond acceptors (Lipinski definition) is 3. The Bertz CT molecular complexity index is 616. The van der Waals surface area contributed by atoms with Crippen LogP contribution in [0.5, 0.6) is 0 Å². The molecule has 2 N–H and O–H groups in total. The minimum Gasteiger partial charge on any atom is -0.397 e. The molecule has 0 aliphatic rings. The third-order valence-corrected chi connectivity index (χ3v) is 4.00. The van der Waals surface area contributed by atoms with E-state index in [1.165, 1.54) is 11.3 Å². The normalized spacial score (nSPS) is 10.6. The van der Waals surface area contributed by atoms with Crippen LogP contribution in [0.2, 0.25) is 0 Å². The molecule has 1 aromatic heterocycles. The van der Waals surface area contributed by atoms with E-state index in [1.54, 1.807) is 18.0 Å². The van der Waals surface area contributed by atoms with Crippen molar-refractivity contribution in [2.75, 3.05) is 19.3 Å². The second-order valence-corrected chi connectivity index (χ2v) is 5.37. The number of carbonyl (C=O) groups excluding carboxylic acids is 1. The van der Waals surface area contributed by atoms with Crippen molar-refractivity contribution in [2.45, 2.75) is 6.92 Å². The highest BCUT2D eigenvalue weighted by Crippen LogP contribution is 2.34. The number of rotatable bonds is 3. The summed E-state index contributed by atoms with van der Waals surface area (Å²) in [5.74, 6) is -0.0498. The molecule has 0 radical (unpaired) electrons. The molecule has 18 heavy (non-hydrogen) atoms. The largest absolute Gasteiger partial charge is 0.397 e. The van der Waals surface area contributed by atoms with E-state index in [0.717, 1.165) is 15.6 Å². The number of thiophene rings is 1. The van der Waals surface area contributed by atoms with Gasteiger partial charge in [0.25, 0.3) is 5.91 Å². The van der Waals surface area contributed by atoms with Gasteiger partial charge >= 0.3 is 0 Å². The maximum atomic E-state index is 12.2. The molecule has 0 saturated carbocycles. The Morgan fingerprint density at radius 2 is 2.28 bits per heavy atom. The molecule has 4 heteroatoms. The van der Waals surface area contributed by atoms with Crippen LogP contribution in [-0.4, -0.2) is 24.4 Å². The van der Waals surface area contributed by atoms with E-state index >= 15 is 0 Å². The summed E-state index contributed by atoms with van der Waals surface area (Å²) >= 11 is 1.44. The zero-order valence-electron chi connectivity index (χ0n) is 10.6. The minimum atomic E-state index is -0.0498. The van der Waals surface area contributed by atoms with Crippen molar-refractivity contribution in [3.63, 3.8) is 0 Å². The fourth-order valence-electron chi connectivity index (χ4n) is 1.84. The Balaban J connectivity index is 2.49. The van der Waals surface area contributed by atoms with Crippen LogP contribution in [0.4, 0.5) is 5.69 Å². The van der Waals surface area contributed by atoms with Crippen LogP contribution in [0.25, 0.3) is 10.1 Å². The highest BCUT2D eigenvalue weighted by molar-refractivity contribution is 7.21. The van der Waals surface area contributed by atoms with E-state index in [0.29, 0.717) is 17.1 Å². The number of anilines is 1. The van der Waals surface area contributed by atoms with Gasteiger partial charge < -0.3 is 10.6 Å². The number of nitrogens with zero attached hydrogens (tertiary/aromatic N) is 1. The van der Waals surface area contributed by atoms with Gasteiger partial charge in [0.05, 0.1) is 5.69 Å². The zero-order chi connectivity index (χ0) is 13.3. The maximum absolute atomic E-state index is 12.2. The van der Waals surface area contributed by atoms with Crippen molar-refractivity contribution in [1.29, 1.82) is 0 Å². The van der Waals surface area contributed by atoms with Crippen molar-refractivity contribution in [3.8, 4) is 0 Å². The lowest BCUT2D eigenvalue weighted by Gasteiger charge is -2.13. The molecule has 3 nitrogen and oxygen atoms in total. The van der Waals surface area contributed by atoms with Gasteiger partial charge in [-0.2, -0.15) is 0 Å². The first-order chi connectivity index (χ1) is 8.54. The summed E-state index contributed by atoms with van der Waals surface area (Å²) < 4.78 is 1.05. The van der Waals surface area contributed by atoms with Crippen LogP contribution in [0.3, 0.4) is 0 Å². The molecule has 0 atom stereocenters. The molecule has 1 amide bonds. The first-order valence-electron chi connectivity index (χ1n) is 5.69. The molecule has 0 spiro atoms. The summed E-state index contributed by atoms with van der Waals surface area (Å²) in [6, 6.07) is 6.06. The predicted octanol–water partition coefficient (Wildman–Crippen LogP) is 3.05. The van der Waals surface area contributed by atoms with Gasteiger partial charge in [-0.15, -0.1) is 17.9 Å². The summed E-state index contributed by atoms with van der Waals surface area (Å²) in [6.07, 6.45) is 1.70. The molecular formula is C14H16N2OS. The Kier molecular flexibility index (Phi) is 3.39. The van der Waals surface area contributed by atoms with E-state index in [-0.39, 0.29) is 5.91 Å². The van der Waals surface area contributed by atoms with E-state index in [9.17, 15) is 4.79 Å². The Labute approximate surface area is 111 Å². The lowest BCUT2D eigenvalue weighted by atomic mass is 10.1. The van der Waals surface area contributed by atoms with Crippen molar-refractivity contribution < 1.29 is 4.79 Å². The fraction of sp³-hybridized carbons (Fsp3) is 0.214. The van der Waals surface area contributed by atoms with Crippen molar-refractivity contribution in [1.82, 2.24) is 4.90 Å². The van der Waals surface area contributed by atoms with E-state index in [4.69, 9.17) is 5.73 Å². The number of likely N-dealkylation sites (N-methyl/N-ethyl adjacent to an activating group) is 1.